The molecule has 1 aromatic heterocycles. The van der Waals surface area contributed by atoms with E-state index in [4.69, 9.17) is 4.74 Å². The van der Waals surface area contributed by atoms with Crippen molar-refractivity contribution in [2.24, 2.45) is 7.05 Å². The van der Waals surface area contributed by atoms with Crippen LogP contribution in [0, 0.1) is 3.57 Å². The van der Waals surface area contributed by atoms with Crippen LogP contribution in [-0.4, -0.2) is 11.7 Å². The summed E-state index contributed by atoms with van der Waals surface area (Å²) in [5, 5.41) is 1.34. The van der Waals surface area contributed by atoms with Gasteiger partial charge in [0.25, 0.3) is 0 Å². The molecule has 0 aliphatic heterocycles. The normalized spacial score (nSPS) is 11.2. The first-order chi connectivity index (χ1) is 9.19. The summed E-state index contributed by atoms with van der Waals surface area (Å²) >= 11 is 2.48. The van der Waals surface area contributed by atoms with Gasteiger partial charge in [0.1, 0.15) is 5.75 Å². The number of fused-ring (bicyclic) bond motifs is 1. The van der Waals surface area contributed by atoms with Crippen LogP contribution in [0.1, 0.15) is 38.3 Å². The first-order valence-corrected chi connectivity index (χ1v) is 8.07. The Labute approximate surface area is 129 Å². The predicted molar refractivity (Wildman–Crippen MR) is 90.0 cm³/mol. The summed E-state index contributed by atoms with van der Waals surface area (Å²) in [7, 11) is 3.89. The number of hydrogen-bond acceptors (Lipinski definition) is 1. The topological polar surface area (TPSA) is 14.2 Å². The van der Waals surface area contributed by atoms with Gasteiger partial charge in [-0.1, -0.05) is 26.2 Å². The van der Waals surface area contributed by atoms with E-state index in [2.05, 4.69) is 53.3 Å². The molecule has 2 rings (SSSR count). The second-order valence-electron chi connectivity index (χ2n) is 5.01. The van der Waals surface area contributed by atoms with E-state index in [1.807, 2.05) is 6.07 Å². The Morgan fingerprint density at radius 1 is 1.21 bits per heavy atom. The van der Waals surface area contributed by atoms with Crippen LogP contribution < -0.4 is 4.74 Å². The fourth-order valence-electron chi connectivity index (χ4n) is 2.55. The summed E-state index contributed by atoms with van der Waals surface area (Å²) in [5.74, 6) is 0.932. The highest BCUT2D eigenvalue weighted by molar-refractivity contribution is 14.1. The van der Waals surface area contributed by atoms with Gasteiger partial charge in [0.05, 0.1) is 12.6 Å². The van der Waals surface area contributed by atoms with Crippen LogP contribution in [0.4, 0.5) is 0 Å². The molecule has 19 heavy (non-hydrogen) atoms. The number of benzene rings is 1. The lowest BCUT2D eigenvalue weighted by Crippen LogP contribution is -1.98. The number of ether oxygens (including phenoxy) is 1. The molecule has 0 unspecified atom stereocenters. The largest absolute Gasteiger partial charge is 0.497 e. The fourth-order valence-corrected chi connectivity index (χ4v) is 3.63. The Kier molecular flexibility index (Phi) is 5.13. The highest BCUT2D eigenvalue weighted by atomic mass is 127. The SMILES string of the molecule is CCCCCCc1c(I)c2ccc(OC)cc2n1C. The average molecular weight is 371 g/mol. The molecule has 2 aromatic rings. The summed E-state index contributed by atoms with van der Waals surface area (Å²) in [4.78, 5) is 0. The molecular weight excluding hydrogens is 349 g/mol. The van der Waals surface area contributed by atoms with Crippen LogP contribution in [-0.2, 0) is 13.5 Å². The number of unbranched alkanes of at least 4 members (excludes halogenated alkanes) is 3. The molecule has 0 atom stereocenters. The Morgan fingerprint density at radius 3 is 2.68 bits per heavy atom. The molecule has 0 saturated carbocycles. The summed E-state index contributed by atoms with van der Waals surface area (Å²) in [6.07, 6.45) is 6.42. The third-order valence-corrected chi connectivity index (χ3v) is 4.93. The summed E-state index contributed by atoms with van der Waals surface area (Å²) in [5.41, 5.74) is 2.73. The highest BCUT2D eigenvalue weighted by Crippen LogP contribution is 2.30. The van der Waals surface area contributed by atoms with Crippen molar-refractivity contribution < 1.29 is 4.74 Å². The first-order valence-electron chi connectivity index (χ1n) is 6.99. The van der Waals surface area contributed by atoms with Gasteiger partial charge >= 0.3 is 0 Å². The maximum absolute atomic E-state index is 5.32. The van der Waals surface area contributed by atoms with Gasteiger partial charge < -0.3 is 9.30 Å². The van der Waals surface area contributed by atoms with Gasteiger partial charge in [-0.25, -0.2) is 0 Å². The number of rotatable bonds is 6. The quantitative estimate of drug-likeness (QED) is 0.520. The maximum atomic E-state index is 5.32. The Balaban J connectivity index is 2.28. The lowest BCUT2D eigenvalue weighted by Gasteiger charge is -2.05. The van der Waals surface area contributed by atoms with Crippen LogP contribution in [0.3, 0.4) is 0 Å². The number of aromatic nitrogens is 1. The van der Waals surface area contributed by atoms with E-state index in [9.17, 15) is 0 Å². The molecule has 3 heteroatoms. The zero-order chi connectivity index (χ0) is 13.8. The molecule has 1 aromatic carbocycles. The molecule has 0 aliphatic carbocycles. The Morgan fingerprint density at radius 2 is 2.00 bits per heavy atom. The monoisotopic (exact) mass is 371 g/mol. The molecule has 0 N–H and O–H groups in total. The third-order valence-electron chi connectivity index (χ3n) is 3.73. The van der Waals surface area contributed by atoms with E-state index in [0.29, 0.717) is 0 Å². The molecule has 0 aliphatic rings. The average Bonchev–Trinajstić information content (AvgIpc) is 2.67. The van der Waals surface area contributed by atoms with Crippen molar-refractivity contribution >= 4 is 33.5 Å². The van der Waals surface area contributed by atoms with E-state index in [0.717, 1.165) is 5.75 Å². The van der Waals surface area contributed by atoms with E-state index < -0.39 is 0 Å². The molecule has 0 spiro atoms. The van der Waals surface area contributed by atoms with Crippen LogP contribution in [0.15, 0.2) is 18.2 Å². The smallest absolute Gasteiger partial charge is 0.120 e. The number of methoxy groups -OCH3 is 1. The van der Waals surface area contributed by atoms with Gasteiger partial charge in [0.2, 0.25) is 0 Å². The Bertz CT molecular complexity index is 559. The van der Waals surface area contributed by atoms with Crippen molar-refractivity contribution in [2.45, 2.75) is 39.0 Å². The van der Waals surface area contributed by atoms with Crippen LogP contribution >= 0.6 is 22.6 Å². The van der Waals surface area contributed by atoms with Gasteiger partial charge in [0, 0.05) is 27.8 Å². The fraction of sp³-hybridized carbons (Fsp3) is 0.500. The molecule has 0 fully saturated rings. The first kappa shape index (κ1) is 14.7. The minimum absolute atomic E-state index is 0.932. The van der Waals surface area contributed by atoms with Crippen molar-refractivity contribution in [1.29, 1.82) is 0 Å². The zero-order valence-electron chi connectivity index (χ0n) is 12.0. The van der Waals surface area contributed by atoms with Crippen LogP contribution in [0.2, 0.25) is 0 Å². The van der Waals surface area contributed by atoms with Crippen LogP contribution in [0.5, 0.6) is 5.75 Å². The zero-order valence-corrected chi connectivity index (χ0v) is 14.2. The molecule has 0 bridgehead atoms. The molecule has 0 amide bonds. The number of halogens is 1. The predicted octanol–water partition coefficient (Wildman–Crippen LogP) is 4.91. The van der Waals surface area contributed by atoms with Crippen LogP contribution in [0.25, 0.3) is 10.9 Å². The van der Waals surface area contributed by atoms with Gasteiger partial charge in [-0.15, -0.1) is 0 Å². The molecule has 2 nitrogen and oxygen atoms in total. The second kappa shape index (κ2) is 6.64. The number of hydrogen-bond donors (Lipinski definition) is 0. The van der Waals surface area contributed by atoms with Crippen molar-refractivity contribution in [3.63, 3.8) is 0 Å². The minimum Gasteiger partial charge on any atom is -0.497 e. The molecule has 0 radical (unpaired) electrons. The number of aryl methyl sites for hydroxylation is 1. The van der Waals surface area contributed by atoms with E-state index in [1.54, 1.807) is 7.11 Å². The molecule has 1 heterocycles. The second-order valence-corrected chi connectivity index (χ2v) is 6.09. The van der Waals surface area contributed by atoms with Gasteiger partial charge in [-0.2, -0.15) is 0 Å². The Hall–Kier alpha value is -0.710. The van der Waals surface area contributed by atoms with E-state index in [1.165, 1.54) is 52.3 Å². The molecule has 0 saturated heterocycles. The van der Waals surface area contributed by atoms with Gasteiger partial charge in [0.15, 0.2) is 0 Å². The van der Waals surface area contributed by atoms with E-state index >= 15 is 0 Å². The summed E-state index contributed by atoms with van der Waals surface area (Å²) in [6.45, 7) is 2.26. The lowest BCUT2D eigenvalue weighted by atomic mass is 10.1. The van der Waals surface area contributed by atoms with Gasteiger partial charge in [-0.05, 0) is 47.6 Å². The standard InChI is InChI=1S/C16H22INO/c1-4-5-6-7-8-14-16(17)13-10-9-12(19-3)11-15(13)18(14)2/h9-11H,4-8H2,1-3H3. The lowest BCUT2D eigenvalue weighted by molar-refractivity contribution is 0.415. The summed E-state index contributed by atoms with van der Waals surface area (Å²) < 4.78 is 9.05. The van der Waals surface area contributed by atoms with Crippen molar-refractivity contribution in [3.05, 3.63) is 27.5 Å². The minimum atomic E-state index is 0.932. The highest BCUT2D eigenvalue weighted by Gasteiger charge is 2.13. The molecular formula is C16H22INO. The van der Waals surface area contributed by atoms with Crippen molar-refractivity contribution in [3.8, 4) is 5.75 Å². The van der Waals surface area contributed by atoms with Crippen molar-refractivity contribution in [1.82, 2.24) is 4.57 Å². The third kappa shape index (κ3) is 3.07. The number of nitrogens with zero attached hydrogens (tertiary/aromatic N) is 1. The molecule has 104 valence electrons. The van der Waals surface area contributed by atoms with E-state index in [-0.39, 0.29) is 0 Å². The van der Waals surface area contributed by atoms with Gasteiger partial charge in [-0.3, -0.25) is 0 Å². The maximum Gasteiger partial charge on any atom is 0.120 e. The van der Waals surface area contributed by atoms with Crippen molar-refractivity contribution in [2.75, 3.05) is 7.11 Å². The summed E-state index contributed by atoms with van der Waals surface area (Å²) in [6, 6.07) is 6.35.